The van der Waals surface area contributed by atoms with Crippen molar-refractivity contribution >= 4 is 33.5 Å². The summed E-state index contributed by atoms with van der Waals surface area (Å²) < 4.78 is 5.29. The van der Waals surface area contributed by atoms with Crippen molar-refractivity contribution in [3.63, 3.8) is 0 Å². The number of halogens is 2. The van der Waals surface area contributed by atoms with Crippen molar-refractivity contribution in [3.8, 4) is 0 Å². The average molecular weight is 265 g/mol. The molecule has 5 heteroatoms. The highest BCUT2D eigenvalue weighted by Gasteiger charge is 2.08. The summed E-state index contributed by atoms with van der Waals surface area (Å²) in [6.45, 7) is 2.08. The van der Waals surface area contributed by atoms with Gasteiger partial charge in [-0.1, -0.05) is 11.6 Å². The van der Waals surface area contributed by atoms with Crippen LogP contribution < -0.4 is 0 Å². The van der Waals surface area contributed by atoms with E-state index in [-0.39, 0.29) is 0 Å². The maximum absolute atomic E-state index is 11.2. The summed E-state index contributed by atoms with van der Waals surface area (Å²) in [5.74, 6) is -0.413. The first kappa shape index (κ1) is 10.5. The van der Waals surface area contributed by atoms with Crippen molar-refractivity contribution < 1.29 is 9.53 Å². The molecular weight excluding hydrogens is 257 g/mol. The number of ether oxygens (including phenoxy) is 1. The van der Waals surface area contributed by atoms with E-state index < -0.39 is 5.97 Å². The molecular formula is C8H7BrClNO2. The molecule has 0 aliphatic rings. The van der Waals surface area contributed by atoms with E-state index in [1.165, 1.54) is 12.3 Å². The minimum atomic E-state index is -0.413. The molecule has 3 nitrogen and oxygen atoms in total. The molecule has 0 spiro atoms. The topological polar surface area (TPSA) is 39.2 Å². The Kier molecular flexibility index (Phi) is 3.69. The standard InChI is InChI=1S/C8H7BrClNO2/c1-2-13-8(12)5-3-6(10)7(9)11-4-5/h3-4H,2H2,1H3. The molecule has 0 aliphatic carbocycles. The summed E-state index contributed by atoms with van der Waals surface area (Å²) >= 11 is 8.86. The first-order valence-corrected chi connectivity index (χ1v) is 4.80. The van der Waals surface area contributed by atoms with Gasteiger partial charge in [0, 0.05) is 6.20 Å². The minimum Gasteiger partial charge on any atom is -0.462 e. The number of rotatable bonds is 2. The van der Waals surface area contributed by atoms with Crippen LogP contribution in [0.25, 0.3) is 0 Å². The largest absolute Gasteiger partial charge is 0.462 e. The summed E-state index contributed by atoms with van der Waals surface area (Å²) in [6.07, 6.45) is 1.41. The number of aromatic nitrogens is 1. The van der Waals surface area contributed by atoms with Gasteiger partial charge >= 0.3 is 5.97 Å². The highest BCUT2D eigenvalue weighted by atomic mass is 79.9. The SMILES string of the molecule is CCOC(=O)c1cnc(Br)c(Cl)c1. The molecule has 0 N–H and O–H groups in total. The molecule has 1 aromatic rings. The van der Waals surface area contributed by atoms with E-state index in [4.69, 9.17) is 16.3 Å². The second kappa shape index (κ2) is 4.58. The van der Waals surface area contributed by atoms with Gasteiger partial charge < -0.3 is 4.74 Å². The van der Waals surface area contributed by atoms with Crippen molar-refractivity contribution in [1.29, 1.82) is 0 Å². The highest BCUT2D eigenvalue weighted by molar-refractivity contribution is 9.10. The molecule has 1 heterocycles. The maximum Gasteiger partial charge on any atom is 0.339 e. The first-order chi connectivity index (χ1) is 6.15. The summed E-state index contributed by atoms with van der Waals surface area (Å²) in [5.41, 5.74) is 0.357. The van der Waals surface area contributed by atoms with Crippen LogP contribution in [0.4, 0.5) is 0 Å². The van der Waals surface area contributed by atoms with Gasteiger partial charge in [0.1, 0.15) is 4.60 Å². The molecule has 13 heavy (non-hydrogen) atoms. The Morgan fingerprint density at radius 2 is 2.46 bits per heavy atom. The fourth-order valence-electron chi connectivity index (χ4n) is 0.747. The van der Waals surface area contributed by atoms with E-state index in [1.54, 1.807) is 6.92 Å². The quantitative estimate of drug-likeness (QED) is 0.609. The molecule has 0 bridgehead atoms. The van der Waals surface area contributed by atoms with Crippen molar-refractivity contribution in [3.05, 3.63) is 27.5 Å². The van der Waals surface area contributed by atoms with Gasteiger partial charge in [-0.15, -0.1) is 0 Å². The lowest BCUT2D eigenvalue weighted by molar-refractivity contribution is 0.0526. The van der Waals surface area contributed by atoms with Crippen LogP contribution in [0.2, 0.25) is 5.02 Å². The van der Waals surface area contributed by atoms with E-state index in [0.717, 1.165) is 0 Å². The Morgan fingerprint density at radius 3 is 3.00 bits per heavy atom. The molecule has 0 radical (unpaired) electrons. The van der Waals surface area contributed by atoms with Crippen molar-refractivity contribution in [2.45, 2.75) is 6.92 Å². The molecule has 0 aliphatic heterocycles. The number of pyridine rings is 1. The zero-order chi connectivity index (χ0) is 9.84. The molecule has 0 unspecified atom stereocenters. The van der Waals surface area contributed by atoms with Gasteiger partial charge in [-0.05, 0) is 28.9 Å². The Hall–Kier alpha value is -0.610. The van der Waals surface area contributed by atoms with Gasteiger partial charge in [0.2, 0.25) is 0 Å². The van der Waals surface area contributed by atoms with E-state index in [1.807, 2.05) is 0 Å². The van der Waals surface area contributed by atoms with E-state index in [9.17, 15) is 4.79 Å². The van der Waals surface area contributed by atoms with Gasteiger partial charge in [0.25, 0.3) is 0 Å². The van der Waals surface area contributed by atoms with Crippen molar-refractivity contribution in [2.75, 3.05) is 6.61 Å². The maximum atomic E-state index is 11.2. The number of hydrogen-bond donors (Lipinski definition) is 0. The third-order valence-electron chi connectivity index (χ3n) is 1.31. The fraction of sp³-hybridized carbons (Fsp3) is 0.250. The number of carbonyl (C=O) groups excluding carboxylic acids is 1. The smallest absolute Gasteiger partial charge is 0.339 e. The van der Waals surface area contributed by atoms with Crippen molar-refractivity contribution in [2.24, 2.45) is 0 Å². The van der Waals surface area contributed by atoms with Gasteiger partial charge in [-0.2, -0.15) is 0 Å². The predicted molar refractivity (Wildman–Crippen MR) is 52.9 cm³/mol. The number of nitrogens with zero attached hydrogens (tertiary/aromatic N) is 1. The number of hydrogen-bond acceptors (Lipinski definition) is 3. The molecule has 0 atom stereocenters. The molecule has 0 saturated heterocycles. The van der Waals surface area contributed by atoms with Gasteiger partial charge in [0.15, 0.2) is 0 Å². The third kappa shape index (κ3) is 2.67. The molecule has 1 aromatic heterocycles. The number of carbonyl (C=O) groups is 1. The molecule has 70 valence electrons. The minimum absolute atomic E-state index is 0.340. The average Bonchev–Trinajstić information content (AvgIpc) is 2.10. The van der Waals surface area contributed by atoms with E-state index in [2.05, 4.69) is 20.9 Å². The normalized spacial score (nSPS) is 9.77. The third-order valence-corrected chi connectivity index (χ3v) is 2.46. The Labute approximate surface area is 89.2 Å². The van der Waals surface area contributed by atoms with Crippen LogP contribution in [-0.2, 0) is 4.74 Å². The number of esters is 1. The van der Waals surface area contributed by atoms with Crippen LogP contribution in [0.1, 0.15) is 17.3 Å². The van der Waals surface area contributed by atoms with Crippen LogP contribution in [0.3, 0.4) is 0 Å². The summed E-state index contributed by atoms with van der Waals surface area (Å²) in [5, 5.41) is 0.394. The van der Waals surface area contributed by atoms with Crippen LogP contribution >= 0.6 is 27.5 Å². The summed E-state index contributed by atoms with van der Waals surface area (Å²) in [7, 11) is 0. The lowest BCUT2D eigenvalue weighted by atomic mass is 10.3. The summed E-state index contributed by atoms with van der Waals surface area (Å²) in [6, 6.07) is 1.51. The first-order valence-electron chi connectivity index (χ1n) is 3.63. The highest BCUT2D eigenvalue weighted by Crippen LogP contribution is 2.20. The van der Waals surface area contributed by atoms with Crippen LogP contribution in [0.5, 0.6) is 0 Å². The van der Waals surface area contributed by atoms with Gasteiger partial charge in [-0.3, -0.25) is 0 Å². The second-order valence-electron chi connectivity index (χ2n) is 2.22. The second-order valence-corrected chi connectivity index (χ2v) is 3.38. The van der Waals surface area contributed by atoms with Crippen LogP contribution in [0, 0.1) is 0 Å². The zero-order valence-corrected chi connectivity index (χ0v) is 9.22. The Bertz CT molecular complexity index is 330. The predicted octanol–water partition coefficient (Wildman–Crippen LogP) is 2.67. The molecule has 1 rings (SSSR count). The van der Waals surface area contributed by atoms with Crippen LogP contribution in [-0.4, -0.2) is 17.6 Å². The summed E-state index contributed by atoms with van der Waals surface area (Å²) in [4.78, 5) is 15.0. The lowest BCUT2D eigenvalue weighted by Gasteiger charge is -2.01. The van der Waals surface area contributed by atoms with E-state index in [0.29, 0.717) is 21.8 Å². The molecule has 0 aromatic carbocycles. The van der Waals surface area contributed by atoms with Crippen molar-refractivity contribution in [1.82, 2.24) is 4.98 Å². The molecule has 0 fully saturated rings. The monoisotopic (exact) mass is 263 g/mol. The lowest BCUT2D eigenvalue weighted by Crippen LogP contribution is -2.04. The van der Waals surface area contributed by atoms with Gasteiger partial charge in [-0.25, -0.2) is 9.78 Å². The fourth-order valence-corrected chi connectivity index (χ4v) is 1.13. The zero-order valence-electron chi connectivity index (χ0n) is 6.88. The molecule has 0 amide bonds. The Balaban J connectivity index is 2.90. The van der Waals surface area contributed by atoms with Crippen LogP contribution in [0.15, 0.2) is 16.9 Å². The van der Waals surface area contributed by atoms with Gasteiger partial charge in [0.05, 0.1) is 17.2 Å². The van der Waals surface area contributed by atoms with E-state index >= 15 is 0 Å². The Morgan fingerprint density at radius 1 is 1.77 bits per heavy atom. The molecule has 0 saturated carbocycles.